The predicted molar refractivity (Wildman–Crippen MR) is 106 cm³/mol. The van der Waals surface area contributed by atoms with E-state index in [2.05, 4.69) is 28.6 Å². The van der Waals surface area contributed by atoms with E-state index < -0.39 is 66.8 Å². The molecular weight excluding hydrogens is 406 g/mol. The Hall–Kier alpha value is -2.38. The van der Waals surface area contributed by atoms with Crippen molar-refractivity contribution in [2.24, 2.45) is 17.4 Å². The molecule has 0 aliphatic rings. The summed E-state index contributed by atoms with van der Waals surface area (Å²) in [5.41, 5.74) is 10.6. The van der Waals surface area contributed by atoms with Crippen LogP contribution in [0.25, 0.3) is 0 Å². The third kappa shape index (κ3) is 9.11. The highest BCUT2D eigenvalue weighted by atomic mass is 32.1. The lowest BCUT2D eigenvalue weighted by atomic mass is 9.97. The van der Waals surface area contributed by atoms with Crippen molar-refractivity contribution >= 4 is 42.2 Å². The Morgan fingerprint density at radius 1 is 1.00 bits per heavy atom. The summed E-state index contributed by atoms with van der Waals surface area (Å²) < 4.78 is 0. The minimum atomic E-state index is -1.54. The number of aliphatic carboxylic acids is 1. The van der Waals surface area contributed by atoms with Gasteiger partial charge in [-0.25, -0.2) is 4.79 Å². The second-order valence-electron chi connectivity index (χ2n) is 6.47. The lowest BCUT2D eigenvalue weighted by molar-refractivity contribution is -0.143. The van der Waals surface area contributed by atoms with Crippen LogP contribution in [-0.2, 0) is 24.0 Å². The Labute approximate surface area is 173 Å². The number of aliphatic hydroxyl groups is 1. The fourth-order valence-corrected chi connectivity index (χ4v) is 2.44. The molecule has 0 spiro atoms. The van der Waals surface area contributed by atoms with E-state index in [-0.39, 0.29) is 11.7 Å². The van der Waals surface area contributed by atoms with Gasteiger partial charge in [0, 0.05) is 5.75 Å². The molecule has 5 unspecified atom stereocenters. The van der Waals surface area contributed by atoms with Crippen molar-refractivity contribution in [1.29, 1.82) is 0 Å². The lowest BCUT2D eigenvalue weighted by Crippen LogP contribution is -2.59. The molecule has 5 atom stereocenters. The summed E-state index contributed by atoms with van der Waals surface area (Å²) in [6.45, 7) is 2.63. The van der Waals surface area contributed by atoms with Crippen molar-refractivity contribution in [2.75, 3.05) is 12.4 Å². The first-order valence-corrected chi connectivity index (χ1v) is 9.51. The molecule has 0 aromatic heterocycles. The molecular formula is C16H29N5O7S. The van der Waals surface area contributed by atoms with Gasteiger partial charge in [0.05, 0.1) is 19.1 Å². The second kappa shape index (κ2) is 13.0. The van der Waals surface area contributed by atoms with E-state index in [1.165, 1.54) is 0 Å². The van der Waals surface area contributed by atoms with Gasteiger partial charge in [-0.2, -0.15) is 12.6 Å². The van der Waals surface area contributed by atoms with Gasteiger partial charge in [-0.1, -0.05) is 20.3 Å². The smallest absolute Gasteiger partial charge is 0.328 e. The minimum absolute atomic E-state index is 0.169. The molecule has 0 aromatic rings. The van der Waals surface area contributed by atoms with Gasteiger partial charge in [0.1, 0.15) is 18.1 Å². The predicted octanol–water partition coefficient (Wildman–Crippen LogP) is -3.30. The summed E-state index contributed by atoms with van der Waals surface area (Å²) in [6.07, 6.45) is 0.0901. The number of primary amides is 1. The van der Waals surface area contributed by atoms with Crippen LogP contribution >= 0.6 is 12.6 Å². The molecule has 0 bridgehead atoms. The average molecular weight is 436 g/mol. The number of rotatable bonds is 13. The zero-order chi connectivity index (χ0) is 22.7. The number of nitrogens with two attached hydrogens (primary N) is 2. The molecule has 0 heterocycles. The van der Waals surface area contributed by atoms with Crippen molar-refractivity contribution in [1.82, 2.24) is 16.0 Å². The number of amides is 4. The highest BCUT2D eigenvalue weighted by molar-refractivity contribution is 7.80. The number of carboxylic acids is 1. The molecule has 4 amide bonds. The van der Waals surface area contributed by atoms with Crippen LogP contribution in [0.3, 0.4) is 0 Å². The van der Waals surface area contributed by atoms with E-state index in [0.29, 0.717) is 6.42 Å². The summed E-state index contributed by atoms with van der Waals surface area (Å²) in [7, 11) is 0. The van der Waals surface area contributed by atoms with Gasteiger partial charge >= 0.3 is 5.97 Å². The standard InChI is InChI=1S/C16H29N5O7S/c1-3-7(2)12(21-13(24)8(17)4-11(18)23)15(26)20-10(6-29)14(25)19-9(5-22)16(27)28/h7-10,12,22,29H,3-6,17H2,1-2H3,(H2,18,23)(H,19,25)(H,20,26)(H,21,24)(H,27,28). The zero-order valence-corrected chi connectivity index (χ0v) is 17.1. The Bertz CT molecular complexity index is 618. The Morgan fingerprint density at radius 2 is 1.55 bits per heavy atom. The monoisotopic (exact) mass is 435 g/mol. The minimum Gasteiger partial charge on any atom is -0.480 e. The van der Waals surface area contributed by atoms with Crippen LogP contribution in [0.1, 0.15) is 26.7 Å². The quantitative estimate of drug-likeness (QED) is 0.137. The number of carbonyl (C=O) groups is 5. The number of nitrogens with one attached hydrogen (secondary N) is 3. The van der Waals surface area contributed by atoms with Crippen molar-refractivity contribution in [2.45, 2.75) is 50.9 Å². The summed E-state index contributed by atoms with van der Waals surface area (Å²) in [4.78, 5) is 58.8. The molecule has 13 heteroatoms. The molecule has 29 heavy (non-hydrogen) atoms. The van der Waals surface area contributed by atoms with E-state index in [1.807, 2.05) is 0 Å². The first-order chi connectivity index (χ1) is 13.5. The van der Waals surface area contributed by atoms with Crippen LogP contribution < -0.4 is 27.4 Å². The first kappa shape index (κ1) is 26.6. The van der Waals surface area contributed by atoms with E-state index in [9.17, 15) is 24.0 Å². The normalized spacial score (nSPS) is 15.9. The van der Waals surface area contributed by atoms with E-state index in [4.69, 9.17) is 21.7 Å². The molecule has 0 aliphatic heterocycles. The van der Waals surface area contributed by atoms with Crippen molar-refractivity contribution in [3.05, 3.63) is 0 Å². The molecule has 0 radical (unpaired) electrons. The molecule has 166 valence electrons. The SMILES string of the molecule is CCC(C)C(NC(=O)C(N)CC(N)=O)C(=O)NC(CS)C(=O)NC(CO)C(=O)O. The maximum atomic E-state index is 12.6. The van der Waals surface area contributed by atoms with Crippen LogP contribution in [0, 0.1) is 5.92 Å². The van der Waals surface area contributed by atoms with Crippen molar-refractivity contribution in [3.8, 4) is 0 Å². The van der Waals surface area contributed by atoms with Gasteiger partial charge in [-0.3, -0.25) is 19.2 Å². The fraction of sp³-hybridized carbons (Fsp3) is 0.688. The van der Waals surface area contributed by atoms with Crippen molar-refractivity contribution in [3.63, 3.8) is 0 Å². The largest absolute Gasteiger partial charge is 0.480 e. The van der Waals surface area contributed by atoms with E-state index in [1.54, 1.807) is 13.8 Å². The summed E-state index contributed by atoms with van der Waals surface area (Å²) in [6, 6.07) is -5.08. The molecule has 0 saturated heterocycles. The number of carboxylic acid groups (broad SMARTS) is 1. The molecule has 0 saturated carbocycles. The molecule has 0 rings (SSSR count). The zero-order valence-electron chi connectivity index (χ0n) is 16.3. The van der Waals surface area contributed by atoms with Gasteiger partial charge in [-0.05, 0) is 5.92 Å². The summed E-state index contributed by atoms with van der Waals surface area (Å²) in [5.74, 6) is -5.09. The van der Waals surface area contributed by atoms with Crippen LogP contribution in [-0.4, -0.2) is 76.3 Å². The average Bonchev–Trinajstić information content (AvgIpc) is 2.66. The van der Waals surface area contributed by atoms with Crippen LogP contribution in [0.15, 0.2) is 0 Å². The highest BCUT2D eigenvalue weighted by Gasteiger charge is 2.32. The van der Waals surface area contributed by atoms with Gasteiger partial charge in [0.15, 0.2) is 0 Å². The second-order valence-corrected chi connectivity index (χ2v) is 6.84. The number of aliphatic hydroxyl groups excluding tert-OH is 1. The third-order valence-corrected chi connectivity index (χ3v) is 4.53. The summed E-state index contributed by atoms with van der Waals surface area (Å²) in [5, 5.41) is 24.8. The number of thiol groups is 1. The first-order valence-electron chi connectivity index (χ1n) is 8.87. The van der Waals surface area contributed by atoms with Crippen molar-refractivity contribution < 1.29 is 34.2 Å². The number of hydrogen-bond acceptors (Lipinski definition) is 8. The lowest BCUT2D eigenvalue weighted by Gasteiger charge is -2.27. The highest BCUT2D eigenvalue weighted by Crippen LogP contribution is 2.09. The van der Waals surface area contributed by atoms with Gasteiger partial charge in [-0.15, -0.1) is 0 Å². The molecule has 9 N–H and O–H groups in total. The van der Waals surface area contributed by atoms with Crippen LogP contribution in [0.4, 0.5) is 0 Å². The molecule has 0 fully saturated rings. The van der Waals surface area contributed by atoms with Gasteiger partial charge in [0.2, 0.25) is 23.6 Å². The Morgan fingerprint density at radius 3 is 1.97 bits per heavy atom. The van der Waals surface area contributed by atoms with Crippen LogP contribution in [0.2, 0.25) is 0 Å². The van der Waals surface area contributed by atoms with Gasteiger partial charge < -0.3 is 37.6 Å². The fourth-order valence-electron chi connectivity index (χ4n) is 2.19. The van der Waals surface area contributed by atoms with E-state index >= 15 is 0 Å². The maximum absolute atomic E-state index is 12.6. The molecule has 0 aliphatic carbocycles. The Balaban J connectivity index is 5.23. The van der Waals surface area contributed by atoms with E-state index in [0.717, 1.165) is 0 Å². The number of hydrogen-bond donors (Lipinski definition) is 8. The van der Waals surface area contributed by atoms with Gasteiger partial charge in [0.25, 0.3) is 0 Å². The Kier molecular flexibility index (Phi) is 11.9. The number of carbonyl (C=O) groups excluding carboxylic acids is 4. The maximum Gasteiger partial charge on any atom is 0.328 e. The topological polar surface area (TPSA) is 214 Å². The van der Waals surface area contributed by atoms with Crippen LogP contribution in [0.5, 0.6) is 0 Å². The molecule has 0 aromatic carbocycles. The third-order valence-electron chi connectivity index (χ3n) is 4.16. The molecule has 12 nitrogen and oxygen atoms in total. The summed E-state index contributed by atoms with van der Waals surface area (Å²) >= 11 is 3.97.